The molecule has 0 amide bonds. The van der Waals surface area contributed by atoms with Crippen molar-refractivity contribution >= 4 is 25.9 Å². The lowest BCUT2D eigenvalue weighted by Crippen LogP contribution is -2.12. The van der Waals surface area contributed by atoms with Crippen LogP contribution in [0, 0.1) is 5.92 Å². The quantitative estimate of drug-likeness (QED) is 0.638. The minimum Gasteiger partial charge on any atom is -0.314 e. The van der Waals surface area contributed by atoms with Gasteiger partial charge in [-0.1, -0.05) is 13.8 Å². The van der Waals surface area contributed by atoms with Gasteiger partial charge in [0.1, 0.15) is 0 Å². The lowest BCUT2D eigenvalue weighted by molar-refractivity contribution is 0.162. The summed E-state index contributed by atoms with van der Waals surface area (Å²) < 4.78 is 43.2. The topological polar surface area (TPSA) is 72.8 Å². The zero-order chi connectivity index (χ0) is 14.4. The van der Waals surface area contributed by atoms with Gasteiger partial charge in [-0.25, -0.2) is 4.57 Å². The predicted molar refractivity (Wildman–Crippen MR) is 69.8 cm³/mol. The lowest BCUT2D eigenvalue weighted by Gasteiger charge is -2.19. The third kappa shape index (κ3) is 11.6. The van der Waals surface area contributed by atoms with Crippen LogP contribution < -0.4 is 0 Å². The van der Waals surface area contributed by atoms with Gasteiger partial charge in [0.25, 0.3) is 6.72 Å². The van der Waals surface area contributed by atoms with Gasteiger partial charge in [0, 0.05) is 6.66 Å². The Balaban J connectivity index is 3.98. The molecule has 4 atom stereocenters. The van der Waals surface area contributed by atoms with Crippen molar-refractivity contribution in [3.05, 3.63) is 0 Å². The van der Waals surface area contributed by atoms with Gasteiger partial charge in [-0.3, -0.25) is 14.0 Å². The van der Waals surface area contributed by atoms with Crippen LogP contribution in [0.3, 0.4) is 0 Å². The van der Waals surface area contributed by atoms with Crippen molar-refractivity contribution in [3.8, 4) is 0 Å². The van der Waals surface area contributed by atoms with Crippen LogP contribution in [0.4, 0.5) is 4.20 Å². The minimum absolute atomic E-state index is 0.106. The largest absolute Gasteiger partial charge is 0.510 e. The molecule has 0 spiro atoms. The van der Waals surface area contributed by atoms with Gasteiger partial charge in [-0.2, -0.15) is 0 Å². The highest BCUT2D eigenvalue weighted by atomic mass is 35.7. The zero-order valence-corrected chi connectivity index (χ0v) is 13.3. The molecular formula is C9H20ClFO5P2. The standard InChI is InChI=1S/C9H20ClFO5P2/c1-4-9(16-17(3,10)12)6-5-8(2)7-15-18(11,13)14/h8-9H,4-7H2,1-3H3,(H,13,14). The van der Waals surface area contributed by atoms with E-state index in [-0.39, 0.29) is 18.6 Å². The molecule has 0 aliphatic carbocycles. The van der Waals surface area contributed by atoms with Crippen molar-refractivity contribution in [2.24, 2.45) is 5.92 Å². The zero-order valence-electron chi connectivity index (χ0n) is 10.7. The minimum atomic E-state index is -4.90. The Morgan fingerprint density at radius 1 is 1.39 bits per heavy atom. The highest BCUT2D eigenvalue weighted by Gasteiger charge is 2.21. The maximum absolute atomic E-state index is 12.2. The molecule has 0 aromatic rings. The third-order valence-electron chi connectivity index (χ3n) is 2.29. The Morgan fingerprint density at radius 2 is 1.94 bits per heavy atom. The van der Waals surface area contributed by atoms with Crippen molar-refractivity contribution in [2.75, 3.05) is 13.3 Å². The molecule has 0 heterocycles. The molecule has 0 fully saturated rings. The third-order valence-corrected chi connectivity index (χ3v) is 3.67. The average Bonchev–Trinajstić information content (AvgIpc) is 2.18. The molecule has 0 rings (SSSR count). The second kappa shape index (κ2) is 7.98. The fourth-order valence-corrected chi connectivity index (χ4v) is 2.93. The van der Waals surface area contributed by atoms with Crippen LogP contribution in [0.1, 0.15) is 33.1 Å². The molecule has 18 heavy (non-hydrogen) atoms. The summed E-state index contributed by atoms with van der Waals surface area (Å²) in [6.45, 7) is 1.77. The molecule has 5 nitrogen and oxygen atoms in total. The first kappa shape index (κ1) is 18.6. The maximum Gasteiger partial charge on any atom is 0.510 e. The van der Waals surface area contributed by atoms with E-state index in [1.165, 1.54) is 6.66 Å². The second-order valence-electron chi connectivity index (χ2n) is 4.31. The van der Waals surface area contributed by atoms with E-state index in [1.807, 2.05) is 6.92 Å². The van der Waals surface area contributed by atoms with Crippen LogP contribution in [0.25, 0.3) is 0 Å². The molecular weight excluding hydrogens is 304 g/mol. The molecule has 0 aliphatic rings. The van der Waals surface area contributed by atoms with Gasteiger partial charge in [0.15, 0.2) is 0 Å². The number of hydrogen-bond acceptors (Lipinski definition) is 4. The van der Waals surface area contributed by atoms with E-state index < -0.39 is 14.6 Å². The van der Waals surface area contributed by atoms with Crippen molar-refractivity contribution in [3.63, 3.8) is 0 Å². The van der Waals surface area contributed by atoms with E-state index in [0.717, 1.165) is 0 Å². The fraction of sp³-hybridized carbons (Fsp3) is 1.00. The molecule has 110 valence electrons. The van der Waals surface area contributed by atoms with Crippen molar-refractivity contribution in [1.29, 1.82) is 0 Å². The lowest BCUT2D eigenvalue weighted by atomic mass is 10.0. The molecule has 0 aromatic heterocycles. The summed E-state index contributed by atoms with van der Waals surface area (Å²) in [5.74, 6) is -0.106. The molecule has 0 radical (unpaired) electrons. The van der Waals surface area contributed by atoms with Crippen LogP contribution in [0.2, 0.25) is 0 Å². The van der Waals surface area contributed by atoms with Gasteiger partial charge >= 0.3 is 7.91 Å². The summed E-state index contributed by atoms with van der Waals surface area (Å²) in [6, 6.07) is 0. The molecule has 4 unspecified atom stereocenters. The van der Waals surface area contributed by atoms with Crippen LogP contribution in [0.5, 0.6) is 0 Å². The number of hydrogen-bond donors (Lipinski definition) is 1. The van der Waals surface area contributed by atoms with Crippen LogP contribution >= 0.6 is 25.9 Å². The first-order valence-corrected chi connectivity index (χ1v) is 10.1. The van der Waals surface area contributed by atoms with Gasteiger partial charge in [0.05, 0.1) is 12.7 Å². The summed E-state index contributed by atoms with van der Waals surface area (Å²) in [7, 11) is -4.90. The molecule has 0 bridgehead atoms. The fourth-order valence-electron chi connectivity index (χ4n) is 1.37. The van der Waals surface area contributed by atoms with E-state index in [2.05, 4.69) is 4.52 Å². The van der Waals surface area contributed by atoms with Gasteiger partial charge < -0.3 is 4.52 Å². The van der Waals surface area contributed by atoms with E-state index in [9.17, 15) is 13.3 Å². The Kier molecular flexibility index (Phi) is 8.23. The smallest absolute Gasteiger partial charge is 0.314 e. The second-order valence-corrected chi connectivity index (χ2v) is 9.02. The van der Waals surface area contributed by atoms with Gasteiger partial charge in [-0.05, 0) is 36.4 Å². The Hall–Kier alpha value is 0.560. The highest BCUT2D eigenvalue weighted by Crippen LogP contribution is 2.50. The van der Waals surface area contributed by atoms with E-state index in [1.54, 1.807) is 6.92 Å². The molecule has 0 saturated carbocycles. The number of halogens is 2. The predicted octanol–water partition coefficient (Wildman–Crippen LogP) is 4.35. The van der Waals surface area contributed by atoms with Crippen molar-refractivity contribution < 1.29 is 27.3 Å². The maximum atomic E-state index is 12.2. The number of rotatable bonds is 9. The summed E-state index contributed by atoms with van der Waals surface area (Å²) in [4.78, 5) is 8.33. The normalized spacial score (nSPS) is 21.9. The van der Waals surface area contributed by atoms with Crippen molar-refractivity contribution in [2.45, 2.75) is 39.2 Å². The molecule has 9 heteroatoms. The van der Waals surface area contributed by atoms with E-state index in [4.69, 9.17) is 20.7 Å². The van der Waals surface area contributed by atoms with Crippen molar-refractivity contribution in [1.82, 2.24) is 0 Å². The Labute approximate surface area is 112 Å². The Morgan fingerprint density at radius 3 is 2.33 bits per heavy atom. The molecule has 1 N–H and O–H groups in total. The SMILES string of the molecule is CCC(CCC(C)COP(=O)(O)F)OP(C)(=O)Cl. The van der Waals surface area contributed by atoms with E-state index in [0.29, 0.717) is 19.3 Å². The first-order valence-electron chi connectivity index (χ1n) is 5.66. The van der Waals surface area contributed by atoms with Gasteiger partial charge in [-0.15, -0.1) is 4.20 Å². The van der Waals surface area contributed by atoms with Gasteiger partial charge in [0.2, 0.25) is 0 Å². The summed E-state index contributed by atoms with van der Waals surface area (Å²) in [6.07, 6.45) is 1.58. The summed E-state index contributed by atoms with van der Waals surface area (Å²) in [5.41, 5.74) is 0. The summed E-state index contributed by atoms with van der Waals surface area (Å²) >= 11 is 5.53. The van der Waals surface area contributed by atoms with E-state index >= 15 is 0 Å². The molecule has 0 aromatic carbocycles. The van der Waals surface area contributed by atoms with Crippen LogP contribution in [-0.4, -0.2) is 24.3 Å². The van der Waals surface area contributed by atoms with Crippen LogP contribution in [0.15, 0.2) is 0 Å². The first-order chi connectivity index (χ1) is 8.03. The highest BCUT2D eigenvalue weighted by molar-refractivity contribution is 7.84. The molecule has 0 aliphatic heterocycles. The average molecular weight is 325 g/mol. The van der Waals surface area contributed by atoms with Crippen LogP contribution in [-0.2, 0) is 18.2 Å². The monoisotopic (exact) mass is 324 g/mol. The summed E-state index contributed by atoms with van der Waals surface area (Å²) in [5, 5.41) is 0. The Bertz CT molecular complexity index is 329. The molecule has 0 saturated heterocycles.